The first-order valence-electron chi connectivity index (χ1n) is 5.99. The molecule has 20 heavy (non-hydrogen) atoms. The zero-order chi connectivity index (χ0) is 15.3. The molecule has 4 nitrogen and oxygen atoms in total. The molecule has 2 unspecified atom stereocenters. The van der Waals surface area contributed by atoms with E-state index < -0.39 is 34.0 Å². The van der Waals surface area contributed by atoms with Gasteiger partial charge in [0.25, 0.3) is 0 Å². The number of carbonyl (C=O) groups is 1. The zero-order valence-corrected chi connectivity index (χ0v) is 12.4. The van der Waals surface area contributed by atoms with Crippen molar-refractivity contribution in [3.63, 3.8) is 0 Å². The largest absolute Gasteiger partial charge is 0.465 e. The summed E-state index contributed by atoms with van der Waals surface area (Å²) in [4.78, 5) is 11.2. The van der Waals surface area contributed by atoms with Gasteiger partial charge in [-0.3, -0.25) is 4.21 Å². The summed E-state index contributed by atoms with van der Waals surface area (Å²) in [5.41, 5.74) is -0.484. The summed E-state index contributed by atoms with van der Waals surface area (Å²) in [5, 5.41) is 2.79. The van der Waals surface area contributed by atoms with Crippen molar-refractivity contribution < 1.29 is 22.5 Å². The molecule has 1 rings (SSSR count). The Balaban J connectivity index is 2.85. The number of carbonyl (C=O) groups excluding carboxylic acids is 1. The normalized spacial score (nSPS) is 13.7. The van der Waals surface area contributed by atoms with Crippen LogP contribution in [0.25, 0.3) is 0 Å². The van der Waals surface area contributed by atoms with E-state index in [4.69, 9.17) is 0 Å². The van der Waals surface area contributed by atoms with Crippen molar-refractivity contribution in [3.05, 3.63) is 29.3 Å². The maximum atomic E-state index is 13.8. The Hall–Kier alpha value is -1.50. The van der Waals surface area contributed by atoms with E-state index in [0.29, 0.717) is 12.2 Å². The van der Waals surface area contributed by atoms with E-state index in [0.717, 1.165) is 13.2 Å². The Bertz CT molecular complexity index is 523. The number of esters is 1. The van der Waals surface area contributed by atoms with Gasteiger partial charge in [0.15, 0.2) is 11.6 Å². The Morgan fingerprint density at radius 1 is 1.40 bits per heavy atom. The molecular weight excluding hydrogens is 288 g/mol. The first-order valence-corrected chi connectivity index (χ1v) is 7.72. The average molecular weight is 305 g/mol. The highest BCUT2D eigenvalue weighted by molar-refractivity contribution is 7.84. The molecule has 1 aromatic carbocycles. The average Bonchev–Trinajstić information content (AvgIpc) is 2.41. The molecule has 0 bridgehead atoms. The second-order valence-electron chi connectivity index (χ2n) is 4.39. The highest BCUT2D eigenvalue weighted by Crippen LogP contribution is 2.22. The van der Waals surface area contributed by atoms with Gasteiger partial charge in [-0.25, -0.2) is 13.6 Å². The van der Waals surface area contributed by atoms with Gasteiger partial charge in [0, 0.05) is 28.9 Å². The highest BCUT2D eigenvalue weighted by Gasteiger charge is 2.19. The van der Waals surface area contributed by atoms with Crippen molar-refractivity contribution in [3.8, 4) is 0 Å². The first kappa shape index (κ1) is 16.6. The number of hydrogen-bond acceptors (Lipinski definition) is 4. The second kappa shape index (κ2) is 7.33. The second-order valence-corrected chi connectivity index (χ2v) is 5.95. The topological polar surface area (TPSA) is 55.4 Å². The van der Waals surface area contributed by atoms with Gasteiger partial charge >= 0.3 is 5.97 Å². The molecule has 112 valence electrons. The minimum absolute atomic E-state index is 0.0375. The van der Waals surface area contributed by atoms with Gasteiger partial charge in [-0.05, 0) is 25.5 Å². The Labute approximate surface area is 119 Å². The molecule has 0 spiro atoms. The van der Waals surface area contributed by atoms with E-state index in [1.807, 2.05) is 0 Å². The third-order valence-electron chi connectivity index (χ3n) is 2.73. The van der Waals surface area contributed by atoms with Crippen LogP contribution in [0.3, 0.4) is 0 Å². The maximum Gasteiger partial charge on any atom is 0.340 e. The van der Waals surface area contributed by atoms with Crippen molar-refractivity contribution in [2.75, 3.05) is 24.4 Å². The van der Waals surface area contributed by atoms with E-state index in [1.165, 1.54) is 6.07 Å². The third-order valence-corrected chi connectivity index (χ3v) is 3.54. The minimum atomic E-state index is -1.24. The van der Waals surface area contributed by atoms with Crippen LogP contribution in [0.2, 0.25) is 0 Å². The van der Waals surface area contributed by atoms with Crippen LogP contribution in [0.5, 0.6) is 0 Å². The fourth-order valence-corrected chi connectivity index (χ4v) is 2.29. The quantitative estimate of drug-likeness (QED) is 0.820. The van der Waals surface area contributed by atoms with Gasteiger partial charge in [-0.15, -0.1) is 0 Å². The van der Waals surface area contributed by atoms with Crippen molar-refractivity contribution in [1.82, 2.24) is 0 Å². The number of anilines is 1. The van der Waals surface area contributed by atoms with Crippen molar-refractivity contribution in [1.29, 1.82) is 0 Å². The number of ether oxygens (including phenoxy) is 1. The molecule has 0 aliphatic carbocycles. The summed E-state index contributed by atoms with van der Waals surface area (Å²) in [6.07, 6.45) is 2.14. The molecule has 0 aromatic heterocycles. The Kier molecular flexibility index (Phi) is 6.06. The molecule has 1 N–H and O–H groups in total. The lowest BCUT2D eigenvalue weighted by molar-refractivity contribution is 0.0594. The van der Waals surface area contributed by atoms with Crippen LogP contribution in [0, 0.1) is 11.6 Å². The van der Waals surface area contributed by atoms with Gasteiger partial charge < -0.3 is 10.1 Å². The zero-order valence-electron chi connectivity index (χ0n) is 11.5. The summed E-state index contributed by atoms with van der Waals surface area (Å²) >= 11 is 0. The van der Waals surface area contributed by atoms with Crippen LogP contribution >= 0.6 is 0 Å². The predicted octanol–water partition coefficient (Wildman–Crippen LogP) is 2.32. The van der Waals surface area contributed by atoms with Crippen LogP contribution in [-0.4, -0.2) is 35.3 Å². The molecule has 2 atom stereocenters. The van der Waals surface area contributed by atoms with E-state index in [1.54, 1.807) is 13.2 Å². The molecular formula is C13H17F2NO3S. The lowest BCUT2D eigenvalue weighted by Gasteiger charge is -2.16. The van der Waals surface area contributed by atoms with E-state index in [9.17, 15) is 17.8 Å². The van der Waals surface area contributed by atoms with Gasteiger partial charge in [0.1, 0.15) is 0 Å². The number of methoxy groups -OCH3 is 1. The van der Waals surface area contributed by atoms with E-state index >= 15 is 0 Å². The van der Waals surface area contributed by atoms with Crippen molar-refractivity contribution in [2.24, 2.45) is 0 Å². The summed E-state index contributed by atoms with van der Waals surface area (Å²) in [6.45, 7) is 1.78. The molecule has 0 amide bonds. The molecule has 1 aromatic rings. The van der Waals surface area contributed by atoms with Gasteiger partial charge in [-0.2, -0.15) is 0 Å². The maximum absolute atomic E-state index is 13.8. The molecule has 0 radical (unpaired) electrons. The van der Waals surface area contributed by atoms with Crippen LogP contribution in [-0.2, 0) is 15.5 Å². The van der Waals surface area contributed by atoms with Crippen LogP contribution in [0.1, 0.15) is 23.7 Å². The van der Waals surface area contributed by atoms with E-state index in [-0.39, 0.29) is 11.7 Å². The third kappa shape index (κ3) is 4.26. The number of hydrogen-bond donors (Lipinski definition) is 1. The Morgan fingerprint density at radius 3 is 2.60 bits per heavy atom. The fraction of sp³-hybridized carbons (Fsp3) is 0.462. The van der Waals surface area contributed by atoms with E-state index in [2.05, 4.69) is 10.1 Å². The van der Waals surface area contributed by atoms with Gasteiger partial charge in [-0.1, -0.05) is 0 Å². The molecule has 0 saturated heterocycles. The summed E-state index contributed by atoms with van der Waals surface area (Å²) in [7, 11) is 0.162. The number of halogens is 2. The van der Waals surface area contributed by atoms with Gasteiger partial charge in [0.05, 0.1) is 18.4 Å². The van der Waals surface area contributed by atoms with Crippen LogP contribution < -0.4 is 5.32 Å². The SMILES string of the molecule is COC(=O)c1ccc(NC(C)CCS(C)=O)c(F)c1F. The molecule has 0 aliphatic rings. The van der Waals surface area contributed by atoms with Crippen LogP contribution in [0.4, 0.5) is 14.5 Å². The minimum Gasteiger partial charge on any atom is -0.465 e. The smallest absolute Gasteiger partial charge is 0.340 e. The van der Waals surface area contributed by atoms with Crippen molar-refractivity contribution in [2.45, 2.75) is 19.4 Å². The number of nitrogens with one attached hydrogen (secondary N) is 1. The molecule has 7 heteroatoms. The first-order chi connectivity index (χ1) is 9.36. The summed E-state index contributed by atoms with van der Waals surface area (Å²) in [5.74, 6) is -2.83. The molecule has 0 saturated carbocycles. The number of rotatable bonds is 6. The Morgan fingerprint density at radius 2 is 2.05 bits per heavy atom. The highest BCUT2D eigenvalue weighted by atomic mass is 32.2. The van der Waals surface area contributed by atoms with Gasteiger partial charge in [0.2, 0.25) is 0 Å². The molecule has 0 aliphatic heterocycles. The predicted molar refractivity (Wildman–Crippen MR) is 74.3 cm³/mol. The van der Waals surface area contributed by atoms with Crippen LogP contribution in [0.15, 0.2) is 12.1 Å². The molecule has 0 fully saturated rings. The standard InChI is InChI=1S/C13H17F2NO3S/c1-8(6-7-20(3)18)16-10-5-4-9(13(17)19-2)11(14)12(10)15/h4-5,8,16H,6-7H2,1-3H3. The molecule has 0 heterocycles. The monoisotopic (exact) mass is 305 g/mol. The summed E-state index contributed by atoms with van der Waals surface area (Å²) < 4.78 is 42.8. The fourth-order valence-electron chi connectivity index (χ4n) is 1.61. The number of benzene rings is 1. The van der Waals surface area contributed by atoms with Crippen molar-refractivity contribution >= 4 is 22.5 Å². The summed E-state index contributed by atoms with van der Waals surface area (Å²) in [6, 6.07) is 2.28. The lowest BCUT2D eigenvalue weighted by atomic mass is 10.1. The lowest BCUT2D eigenvalue weighted by Crippen LogP contribution is -2.19.